The number of hydrogen-bond donors (Lipinski definition) is 3. The Morgan fingerprint density at radius 1 is 1.24 bits per heavy atom. The lowest BCUT2D eigenvalue weighted by Gasteiger charge is -2.36. The second-order valence-electron chi connectivity index (χ2n) is 8.97. The molecule has 0 radical (unpaired) electrons. The van der Waals surface area contributed by atoms with Gasteiger partial charge in [-0.15, -0.1) is 22.9 Å². The highest BCUT2D eigenvalue weighted by Crippen LogP contribution is 2.30. The summed E-state index contributed by atoms with van der Waals surface area (Å²) in [5.74, 6) is 0.189. The van der Waals surface area contributed by atoms with Crippen LogP contribution in [0.15, 0.2) is 53.9 Å². The molecule has 1 aromatic carbocycles. The number of anilines is 1. The highest BCUT2D eigenvalue weighted by atomic mass is 35.5. The van der Waals surface area contributed by atoms with Crippen LogP contribution < -0.4 is 16.0 Å². The molecule has 0 spiro atoms. The molecule has 3 N–H and O–H groups in total. The van der Waals surface area contributed by atoms with Crippen LogP contribution in [-0.4, -0.2) is 33.5 Å². The van der Waals surface area contributed by atoms with Crippen molar-refractivity contribution >= 4 is 40.6 Å². The highest BCUT2D eigenvalue weighted by Gasteiger charge is 2.36. The number of halogens is 1. The zero-order chi connectivity index (χ0) is 23.6. The van der Waals surface area contributed by atoms with E-state index in [4.69, 9.17) is 16.7 Å². The minimum absolute atomic E-state index is 0.0540. The van der Waals surface area contributed by atoms with Crippen LogP contribution in [0.3, 0.4) is 0 Å². The largest absolute Gasteiger partial charge is 0.322 e. The maximum Gasteiger partial charge on any atom is 0.232 e. The zero-order valence-electron chi connectivity index (χ0n) is 18.8. The number of nitrogens with zero attached hydrogens (tertiary/aromatic N) is 2. The number of nitrogens with one attached hydrogen (secondary N) is 3. The molecule has 0 bridgehead atoms. The lowest BCUT2D eigenvalue weighted by molar-refractivity contribution is -0.130. The van der Waals surface area contributed by atoms with Gasteiger partial charge in [-0.3, -0.25) is 14.9 Å². The van der Waals surface area contributed by atoms with Crippen LogP contribution in [0.5, 0.6) is 0 Å². The van der Waals surface area contributed by atoms with Crippen molar-refractivity contribution in [2.24, 2.45) is 11.3 Å². The number of hydrogen-bond acceptors (Lipinski definition) is 5. The Labute approximate surface area is 202 Å². The van der Waals surface area contributed by atoms with Crippen LogP contribution in [0, 0.1) is 11.3 Å². The topological polar surface area (TPSA) is 88.1 Å². The lowest BCUT2D eigenvalue weighted by Crippen LogP contribution is -2.58. The Balaban J connectivity index is 1.59. The Hall–Kier alpha value is -2.68. The fraction of sp³-hybridized carbons (Fsp3) is 0.375. The zero-order valence-corrected chi connectivity index (χ0v) is 20.4. The van der Waals surface area contributed by atoms with Crippen LogP contribution in [0.1, 0.15) is 32.6 Å². The van der Waals surface area contributed by atoms with Gasteiger partial charge in [-0.25, -0.2) is 4.68 Å². The fourth-order valence-electron chi connectivity index (χ4n) is 3.72. The standard InChI is InChI=1S/C24H28ClN5O2S/c1-15-17(12-16-8-5-4-6-9-16)21(31)28-23(26-15)30-20(27-22(32)24(2,3)14-25)13-18(29-30)19-10-7-11-33-19/h4-11,13,15,17,23,26H,12,14H2,1-3H3,(H,27,32)(H,28,31). The molecule has 1 aliphatic heterocycles. The van der Waals surface area contributed by atoms with Gasteiger partial charge in [0.1, 0.15) is 11.5 Å². The summed E-state index contributed by atoms with van der Waals surface area (Å²) in [7, 11) is 0. The third-order valence-corrected chi connectivity index (χ3v) is 7.44. The van der Waals surface area contributed by atoms with E-state index >= 15 is 0 Å². The fourth-order valence-corrected chi connectivity index (χ4v) is 4.52. The van der Waals surface area contributed by atoms with Crippen LogP contribution in [0.25, 0.3) is 10.6 Å². The minimum atomic E-state index is -0.753. The Bertz CT molecular complexity index is 1110. The molecule has 3 unspecified atom stereocenters. The first-order chi connectivity index (χ1) is 15.8. The highest BCUT2D eigenvalue weighted by molar-refractivity contribution is 7.13. The molecule has 1 saturated heterocycles. The third kappa shape index (κ3) is 5.13. The Kier molecular flexibility index (Phi) is 6.88. The predicted molar refractivity (Wildman–Crippen MR) is 132 cm³/mol. The van der Waals surface area contributed by atoms with Crippen LogP contribution in [0.4, 0.5) is 5.82 Å². The number of rotatable bonds is 7. The van der Waals surface area contributed by atoms with Crippen LogP contribution in [-0.2, 0) is 16.0 Å². The van der Waals surface area contributed by atoms with Crippen molar-refractivity contribution < 1.29 is 9.59 Å². The lowest BCUT2D eigenvalue weighted by atomic mass is 9.91. The number of carbonyl (C=O) groups is 2. The van der Waals surface area contributed by atoms with E-state index in [1.54, 1.807) is 29.9 Å². The van der Waals surface area contributed by atoms with E-state index in [-0.39, 0.29) is 29.7 Å². The van der Waals surface area contributed by atoms with Crippen molar-refractivity contribution in [3.05, 3.63) is 59.5 Å². The van der Waals surface area contributed by atoms with Gasteiger partial charge in [0.2, 0.25) is 11.8 Å². The van der Waals surface area contributed by atoms with Gasteiger partial charge in [0.15, 0.2) is 6.29 Å². The maximum atomic E-state index is 13.1. The summed E-state index contributed by atoms with van der Waals surface area (Å²) in [6.45, 7) is 5.57. The monoisotopic (exact) mass is 485 g/mol. The summed E-state index contributed by atoms with van der Waals surface area (Å²) in [6, 6.07) is 15.6. The molecule has 174 valence electrons. The number of carbonyl (C=O) groups excluding carboxylic acids is 2. The summed E-state index contributed by atoms with van der Waals surface area (Å²) >= 11 is 7.56. The normalized spacial score (nSPS) is 21.0. The first-order valence-corrected chi connectivity index (χ1v) is 12.3. The van der Waals surface area contributed by atoms with Crippen LogP contribution >= 0.6 is 22.9 Å². The predicted octanol–water partition coefficient (Wildman–Crippen LogP) is 4.24. The summed E-state index contributed by atoms with van der Waals surface area (Å²) in [5, 5.41) is 16.1. The van der Waals surface area contributed by atoms with Crippen molar-refractivity contribution in [1.29, 1.82) is 0 Å². The molecule has 3 aromatic rings. The molecule has 33 heavy (non-hydrogen) atoms. The second kappa shape index (κ2) is 9.67. The number of alkyl halides is 1. The summed E-state index contributed by atoms with van der Waals surface area (Å²) in [4.78, 5) is 26.9. The van der Waals surface area contributed by atoms with E-state index in [9.17, 15) is 9.59 Å². The van der Waals surface area contributed by atoms with Gasteiger partial charge in [-0.05, 0) is 44.2 Å². The van der Waals surface area contributed by atoms with E-state index in [0.29, 0.717) is 12.2 Å². The van der Waals surface area contributed by atoms with Crippen molar-refractivity contribution in [3.8, 4) is 10.6 Å². The quantitative estimate of drug-likeness (QED) is 0.437. The van der Waals surface area contributed by atoms with Gasteiger partial charge in [0.05, 0.1) is 16.2 Å². The summed E-state index contributed by atoms with van der Waals surface area (Å²) in [6.07, 6.45) is 0.0447. The van der Waals surface area contributed by atoms with Crippen LogP contribution in [0.2, 0.25) is 0 Å². The molecule has 2 aromatic heterocycles. The Morgan fingerprint density at radius 2 is 2.00 bits per heavy atom. The maximum absolute atomic E-state index is 13.1. The van der Waals surface area contributed by atoms with Gasteiger partial charge >= 0.3 is 0 Å². The van der Waals surface area contributed by atoms with E-state index in [2.05, 4.69) is 16.0 Å². The average molecular weight is 486 g/mol. The molecule has 1 fully saturated rings. The molecular formula is C24H28ClN5O2S. The molecule has 9 heteroatoms. The van der Waals surface area contributed by atoms with E-state index < -0.39 is 11.7 Å². The first kappa shape index (κ1) is 23.5. The molecule has 3 atom stereocenters. The van der Waals surface area contributed by atoms with E-state index in [1.165, 1.54) is 0 Å². The van der Waals surface area contributed by atoms with Gasteiger partial charge < -0.3 is 10.6 Å². The van der Waals surface area contributed by atoms with E-state index in [1.807, 2.05) is 60.8 Å². The molecule has 1 aliphatic rings. The molecule has 0 aliphatic carbocycles. The number of benzene rings is 1. The van der Waals surface area contributed by atoms with E-state index in [0.717, 1.165) is 16.1 Å². The van der Waals surface area contributed by atoms with Crippen molar-refractivity contribution in [2.75, 3.05) is 11.2 Å². The summed E-state index contributed by atoms with van der Waals surface area (Å²) < 4.78 is 1.63. The van der Waals surface area contributed by atoms with Gasteiger partial charge in [-0.2, -0.15) is 5.10 Å². The number of amides is 2. The van der Waals surface area contributed by atoms with Crippen molar-refractivity contribution in [2.45, 2.75) is 39.5 Å². The molecule has 0 saturated carbocycles. The van der Waals surface area contributed by atoms with Crippen molar-refractivity contribution in [1.82, 2.24) is 20.4 Å². The average Bonchev–Trinajstić information content (AvgIpc) is 3.47. The van der Waals surface area contributed by atoms with Gasteiger partial charge in [-0.1, -0.05) is 36.4 Å². The molecular weight excluding hydrogens is 458 g/mol. The van der Waals surface area contributed by atoms with Crippen molar-refractivity contribution in [3.63, 3.8) is 0 Å². The molecule has 3 heterocycles. The molecule has 2 amide bonds. The van der Waals surface area contributed by atoms with Gasteiger partial charge in [0, 0.05) is 18.0 Å². The third-order valence-electron chi connectivity index (χ3n) is 5.88. The number of thiophene rings is 1. The SMILES string of the molecule is CC1NC(n2nc(-c3cccs3)cc2NC(=O)C(C)(C)CCl)NC(=O)C1Cc1ccccc1. The minimum Gasteiger partial charge on any atom is -0.322 e. The number of aromatic nitrogens is 2. The Morgan fingerprint density at radius 3 is 2.64 bits per heavy atom. The second-order valence-corrected chi connectivity index (χ2v) is 10.2. The molecule has 7 nitrogen and oxygen atoms in total. The van der Waals surface area contributed by atoms with Gasteiger partial charge in [0.25, 0.3) is 0 Å². The smallest absolute Gasteiger partial charge is 0.232 e. The summed E-state index contributed by atoms with van der Waals surface area (Å²) in [5.41, 5.74) is 1.08. The first-order valence-electron chi connectivity index (χ1n) is 10.9. The molecule has 4 rings (SSSR count).